The fraction of sp³-hybridized carbons (Fsp3) is 0.462. The van der Waals surface area contributed by atoms with E-state index in [0.29, 0.717) is 6.04 Å². The summed E-state index contributed by atoms with van der Waals surface area (Å²) in [6, 6.07) is 4.65. The Morgan fingerprint density at radius 1 is 1.41 bits per heavy atom. The molecule has 1 unspecified atom stereocenters. The van der Waals surface area contributed by atoms with Crippen molar-refractivity contribution in [1.29, 1.82) is 0 Å². The zero-order valence-corrected chi connectivity index (χ0v) is 10.3. The maximum Gasteiger partial charge on any atom is 0.0973 e. The molecule has 90 valence electrons. The number of nitrogens with zero attached hydrogens (tertiary/aromatic N) is 3. The number of rotatable bonds is 1. The van der Waals surface area contributed by atoms with Crippen LogP contribution in [0.2, 0.25) is 0 Å². The predicted octanol–water partition coefficient (Wildman–Crippen LogP) is 1.42. The molecule has 4 nitrogen and oxygen atoms in total. The SMILES string of the molecule is Cc1ccc(N2CCC(N)C2)c2cn(C)nc12. The molecule has 3 rings (SSSR count). The Hall–Kier alpha value is -1.55. The van der Waals surface area contributed by atoms with Gasteiger partial charge in [0, 0.05) is 43.4 Å². The van der Waals surface area contributed by atoms with E-state index in [-0.39, 0.29) is 0 Å². The maximum atomic E-state index is 5.98. The van der Waals surface area contributed by atoms with Crippen LogP contribution in [-0.2, 0) is 7.05 Å². The first-order chi connectivity index (χ1) is 8.15. The van der Waals surface area contributed by atoms with Crippen LogP contribution in [0, 0.1) is 6.92 Å². The first kappa shape index (κ1) is 10.6. The van der Waals surface area contributed by atoms with Crippen molar-refractivity contribution in [2.75, 3.05) is 18.0 Å². The Bertz CT molecular complexity index is 558. The van der Waals surface area contributed by atoms with Crippen LogP contribution in [0.1, 0.15) is 12.0 Å². The van der Waals surface area contributed by atoms with Gasteiger partial charge in [-0.1, -0.05) is 6.07 Å². The highest BCUT2D eigenvalue weighted by Gasteiger charge is 2.21. The van der Waals surface area contributed by atoms with Gasteiger partial charge in [-0.2, -0.15) is 5.10 Å². The summed E-state index contributed by atoms with van der Waals surface area (Å²) in [6.07, 6.45) is 3.18. The second kappa shape index (κ2) is 3.74. The van der Waals surface area contributed by atoms with E-state index in [1.54, 1.807) is 0 Å². The second-order valence-electron chi connectivity index (χ2n) is 4.96. The van der Waals surface area contributed by atoms with Gasteiger partial charge in [-0.3, -0.25) is 4.68 Å². The third-order valence-electron chi connectivity index (χ3n) is 3.53. The minimum absolute atomic E-state index is 0.308. The van der Waals surface area contributed by atoms with Crippen molar-refractivity contribution < 1.29 is 0 Å². The molecule has 4 heteroatoms. The topological polar surface area (TPSA) is 47.1 Å². The van der Waals surface area contributed by atoms with Crippen molar-refractivity contribution in [2.24, 2.45) is 12.8 Å². The number of hydrogen-bond acceptors (Lipinski definition) is 3. The van der Waals surface area contributed by atoms with Crippen molar-refractivity contribution in [2.45, 2.75) is 19.4 Å². The van der Waals surface area contributed by atoms with Crippen LogP contribution in [0.25, 0.3) is 10.9 Å². The standard InChI is InChI=1S/C13H18N4/c1-9-3-4-12(17-6-5-10(14)7-17)11-8-16(2)15-13(9)11/h3-4,8,10H,5-7,14H2,1-2H3. The average Bonchev–Trinajstić information content (AvgIpc) is 2.85. The first-order valence-corrected chi connectivity index (χ1v) is 6.08. The van der Waals surface area contributed by atoms with Gasteiger partial charge in [-0.25, -0.2) is 0 Å². The molecule has 1 aromatic carbocycles. The lowest BCUT2D eigenvalue weighted by molar-refractivity contribution is 0.752. The molecule has 2 aromatic rings. The molecule has 0 spiro atoms. The quantitative estimate of drug-likeness (QED) is 0.806. The molecule has 1 aliphatic heterocycles. The van der Waals surface area contributed by atoms with Crippen LogP contribution in [0.15, 0.2) is 18.3 Å². The van der Waals surface area contributed by atoms with Crippen molar-refractivity contribution in [3.8, 4) is 0 Å². The summed E-state index contributed by atoms with van der Waals surface area (Å²) in [5.74, 6) is 0. The first-order valence-electron chi connectivity index (χ1n) is 6.08. The van der Waals surface area contributed by atoms with E-state index >= 15 is 0 Å². The molecule has 0 bridgehead atoms. The largest absolute Gasteiger partial charge is 0.369 e. The van der Waals surface area contributed by atoms with Gasteiger partial charge in [0.25, 0.3) is 0 Å². The summed E-state index contributed by atoms with van der Waals surface area (Å²) in [4.78, 5) is 2.37. The molecule has 1 aliphatic rings. The van der Waals surface area contributed by atoms with E-state index in [1.165, 1.54) is 16.6 Å². The Kier molecular flexibility index (Phi) is 2.33. The van der Waals surface area contributed by atoms with Gasteiger partial charge in [0.05, 0.1) is 5.52 Å². The highest BCUT2D eigenvalue weighted by atomic mass is 15.3. The molecule has 1 aromatic heterocycles. The van der Waals surface area contributed by atoms with Crippen LogP contribution in [-0.4, -0.2) is 28.9 Å². The van der Waals surface area contributed by atoms with Gasteiger partial charge >= 0.3 is 0 Å². The molecular weight excluding hydrogens is 212 g/mol. The third-order valence-corrected chi connectivity index (χ3v) is 3.53. The van der Waals surface area contributed by atoms with Gasteiger partial charge in [0.1, 0.15) is 0 Å². The Morgan fingerprint density at radius 2 is 2.24 bits per heavy atom. The van der Waals surface area contributed by atoms with Gasteiger partial charge in [0.2, 0.25) is 0 Å². The molecular formula is C13H18N4. The van der Waals surface area contributed by atoms with E-state index in [2.05, 4.69) is 35.3 Å². The maximum absolute atomic E-state index is 5.98. The van der Waals surface area contributed by atoms with Gasteiger partial charge in [0.15, 0.2) is 0 Å². The summed E-state index contributed by atoms with van der Waals surface area (Å²) in [7, 11) is 1.97. The summed E-state index contributed by atoms with van der Waals surface area (Å²) in [6.45, 7) is 4.11. The molecule has 0 amide bonds. The molecule has 0 radical (unpaired) electrons. The summed E-state index contributed by atoms with van der Waals surface area (Å²) >= 11 is 0. The molecule has 0 saturated carbocycles. The number of fused-ring (bicyclic) bond motifs is 1. The van der Waals surface area contributed by atoms with Crippen LogP contribution in [0.5, 0.6) is 0 Å². The molecule has 17 heavy (non-hydrogen) atoms. The highest BCUT2D eigenvalue weighted by Crippen LogP contribution is 2.30. The minimum Gasteiger partial charge on any atom is -0.369 e. The molecule has 0 aliphatic carbocycles. The van der Waals surface area contributed by atoms with Crippen molar-refractivity contribution in [1.82, 2.24) is 9.78 Å². The van der Waals surface area contributed by atoms with Gasteiger partial charge in [-0.05, 0) is 25.0 Å². The number of nitrogens with two attached hydrogens (primary N) is 1. The lowest BCUT2D eigenvalue weighted by atomic mass is 10.1. The lowest BCUT2D eigenvalue weighted by Gasteiger charge is -2.19. The number of hydrogen-bond donors (Lipinski definition) is 1. The van der Waals surface area contributed by atoms with E-state index in [1.807, 2.05) is 11.7 Å². The predicted molar refractivity (Wildman–Crippen MR) is 70.3 cm³/mol. The number of anilines is 1. The average molecular weight is 230 g/mol. The van der Waals surface area contributed by atoms with Crippen molar-refractivity contribution in [3.05, 3.63) is 23.9 Å². The monoisotopic (exact) mass is 230 g/mol. The third kappa shape index (κ3) is 1.69. The minimum atomic E-state index is 0.308. The summed E-state index contributed by atoms with van der Waals surface area (Å²) in [5.41, 5.74) is 9.58. The summed E-state index contributed by atoms with van der Waals surface area (Å²) < 4.78 is 1.89. The molecule has 2 N–H and O–H groups in total. The van der Waals surface area contributed by atoms with Gasteiger partial charge < -0.3 is 10.6 Å². The Labute approximate surface area is 101 Å². The molecule has 1 fully saturated rings. The van der Waals surface area contributed by atoms with Crippen LogP contribution in [0.3, 0.4) is 0 Å². The van der Waals surface area contributed by atoms with E-state index < -0.39 is 0 Å². The smallest absolute Gasteiger partial charge is 0.0973 e. The Morgan fingerprint density at radius 3 is 2.94 bits per heavy atom. The van der Waals surface area contributed by atoms with Crippen LogP contribution in [0.4, 0.5) is 5.69 Å². The molecule has 2 heterocycles. The van der Waals surface area contributed by atoms with E-state index in [0.717, 1.165) is 25.0 Å². The van der Waals surface area contributed by atoms with Crippen molar-refractivity contribution >= 4 is 16.6 Å². The number of aryl methyl sites for hydroxylation is 2. The lowest BCUT2D eigenvalue weighted by Crippen LogP contribution is -2.26. The molecule has 1 saturated heterocycles. The highest BCUT2D eigenvalue weighted by molar-refractivity contribution is 5.93. The second-order valence-corrected chi connectivity index (χ2v) is 4.96. The van der Waals surface area contributed by atoms with Gasteiger partial charge in [-0.15, -0.1) is 0 Å². The Balaban J connectivity index is 2.13. The fourth-order valence-electron chi connectivity index (χ4n) is 2.62. The van der Waals surface area contributed by atoms with E-state index in [4.69, 9.17) is 5.73 Å². The zero-order valence-electron chi connectivity index (χ0n) is 10.3. The zero-order chi connectivity index (χ0) is 12.0. The van der Waals surface area contributed by atoms with Crippen LogP contribution < -0.4 is 10.6 Å². The van der Waals surface area contributed by atoms with Crippen molar-refractivity contribution in [3.63, 3.8) is 0 Å². The molecule has 1 atom stereocenters. The van der Waals surface area contributed by atoms with Crippen LogP contribution >= 0.6 is 0 Å². The number of benzene rings is 1. The van der Waals surface area contributed by atoms with E-state index in [9.17, 15) is 0 Å². The fourth-order valence-corrected chi connectivity index (χ4v) is 2.62. The summed E-state index contributed by atoms with van der Waals surface area (Å²) in [5, 5.41) is 5.76. The normalized spacial score (nSPS) is 20.4. The number of aromatic nitrogens is 2.